The van der Waals surface area contributed by atoms with Crippen molar-refractivity contribution in [2.45, 2.75) is 51.1 Å². The van der Waals surface area contributed by atoms with Gasteiger partial charge in [0.05, 0.1) is 6.61 Å². The topological polar surface area (TPSA) is 38.5 Å². The van der Waals surface area contributed by atoms with E-state index in [9.17, 15) is 0 Å². The van der Waals surface area contributed by atoms with Crippen molar-refractivity contribution in [3.63, 3.8) is 0 Å². The lowest BCUT2D eigenvalue weighted by Crippen LogP contribution is -2.55. The van der Waals surface area contributed by atoms with E-state index in [1.54, 1.807) is 0 Å². The number of likely N-dealkylation sites (tertiary alicyclic amines) is 1. The molecule has 1 saturated carbocycles. The van der Waals surface area contributed by atoms with Crippen molar-refractivity contribution in [3.05, 3.63) is 29.8 Å². The first-order valence-electron chi connectivity index (χ1n) is 8.39. The zero-order valence-corrected chi connectivity index (χ0v) is 13.3. The Morgan fingerprint density at radius 3 is 2.52 bits per heavy atom. The van der Waals surface area contributed by atoms with Gasteiger partial charge in [0.15, 0.2) is 0 Å². The maximum absolute atomic E-state index is 6.33. The molecule has 4 unspecified atom stereocenters. The molecule has 0 bridgehead atoms. The van der Waals surface area contributed by atoms with Crippen LogP contribution in [0.4, 0.5) is 0 Å². The van der Waals surface area contributed by atoms with E-state index < -0.39 is 0 Å². The summed E-state index contributed by atoms with van der Waals surface area (Å²) in [5.41, 5.74) is 7.73. The third-order valence-corrected chi connectivity index (χ3v) is 5.22. The highest BCUT2D eigenvalue weighted by Gasteiger charge is 2.36. The highest BCUT2D eigenvalue weighted by atomic mass is 16.5. The summed E-state index contributed by atoms with van der Waals surface area (Å²) < 4.78 is 5.53. The number of nitrogens with two attached hydrogens (primary N) is 1. The zero-order valence-electron chi connectivity index (χ0n) is 13.3. The van der Waals surface area contributed by atoms with Crippen LogP contribution >= 0.6 is 0 Å². The lowest BCUT2D eigenvalue weighted by molar-refractivity contribution is 0.0419. The van der Waals surface area contributed by atoms with E-state index in [0.717, 1.165) is 43.8 Å². The zero-order chi connectivity index (χ0) is 14.8. The van der Waals surface area contributed by atoms with Gasteiger partial charge < -0.3 is 10.5 Å². The normalized spacial score (nSPS) is 33.5. The predicted octanol–water partition coefficient (Wildman–Crippen LogP) is 3.00. The molecule has 2 N–H and O–H groups in total. The van der Waals surface area contributed by atoms with Crippen LogP contribution in [0.1, 0.15) is 44.6 Å². The number of ether oxygens (including phenoxy) is 1. The highest BCUT2D eigenvalue weighted by Crippen LogP contribution is 2.36. The maximum atomic E-state index is 6.33. The van der Waals surface area contributed by atoms with Crippen LogP contribution < -0.4 is 10.5 Å². The fraction of sp³-hybridized carbons (Fsp3) is 0.667. The Morgan fingerprint density at radius 2 is 1.95 bits per heavy atom. The summed E-state index contributed by atoms with van der Waals surface area (Å²) in [5, 5.41) is 0. The van der Waals surface area contributed by atoms with Crippen LogP contribution in [0, 0.1) is 5.92 Å². The second kappa shape index (κ2) is 6.37. The largest absolute Gasteiger partial charge is 0.494 e. The Kier molecular flexibility index (Phi) is 4.51. The summed E-state index contributed by atoms with van der Waals surface area (Å²) in [4.78, 5) is 2.64. The van der Waals surface area contributed by atoms with Gasteiger partial charge in [-0.2, -0.15) is 0 Å². The van der Waals surface area contributed by atoms with Gasteiger partial charge in [0.1, 0.15) is 5.75 Å². The molecule has 1 saturated heterocycles. The predicted molar refractivity (Wildman–Crippen MR) is 86.7 cm³/mol. The third kappa shape index (κ3) is 3.24. The molecule has 0 aromatic heterocycles. The van der Waals surface area contributed by atoms with E-state index in [2.05, 4.69) is 36.1 Å². The van der Waals surface area contributed by atoms with E-state index in [4.69, 9.17) is 10.5 Å². The summed E-state index contributed by atoms with van der Waals surface area (Å²) in [6, 6.07) is 9.70. The lowest BCUT2D eigenvalue weighted by Gasteiger charge is -2.48. The van der Waals surface area contributed by atoms with E-state index in [1.807, 2.05) is 6.92 Å². The SMILES string of the molecule is CCOc1ccc(C2CC(N)CN(C3CCC3C)C2)cc1. The quantitative estimate of drug-likeness (QED) is 0.925. The summed E-state index contributed by atoms with van der Waals surface area (Å²) in [7, 11) is 0. The minimum atomic E-state index is 0.308. The van der Waals surface area contributed by atoms with Crippen LogP contribution in [0.5, 0.6) is 5.75 Å². The van der Waals surface area contributed by atoms with Gasteiger partial charge in [-0.15, -0.1) is 0 Å². The molecule has 21 heavy (non-hydrogen) atoms. The number of hydrogen-bond donors (Lipinski definition) is 1. The van der Waals surface area contributed by atoms with Crippen LogP contribution in [0.15, 0.2) is 24.3 Å². The van der Waals surface area contributed by atoms with Gasteiger partial charge >= 0.3 is 0 Å². The van der Waals surface area contributed by atoms with Gasteiger partial charge in [-0.1, -0.05) is 19.1 Å². The Labute approximate surface area is 128 Å². The van der Waals surface area contributed by atoms with Gasteiger partial charge in [-0.25, -0.2) is 0 Å². The van der Waals surface area contributed by atoms with E-state index >= 15 is 0 Å². The van der Waals surface area contributed by atoms with Crippen molar-refractivity contribution < 1.29 is 4.74 Å². The van der Waals surface area contributed by atoms with Gasteiger partial charge in [0.25, 0.3) is 0 Å². The van der Waals surface area contributed by atoms with Crippen LogP contribution in [-0.4, -0.2) is 36.7 Å². The van der Waals surface area contributed by atoms with Crippen LogP contribution in [0.3, 0.4) is 0 Å². The standard InChI is InChI=1S/C18H28N2O/c1-3-21-17-7-5-14(6-8-17)15-10-16(19)12-20(11-15)18-9-4-13(18)2/h5-8,13,15-16,18H,3-4,9-12,19H2,1-2H3. The molecule has 1 aromatic carbocycles. The van der Waals surface area contributed by atoms with Crippen LogP contribution in [0.25, 0.3) is 0 Å². The molecular weight excluding hydrogens is 260 g/mol. The molecule has 2 aliphatic rings. The second-order valence-corrected chi connectivity index (χ2v) is 6.77. The first-order valence-corrected chi connectivity index (χ1v) is 8.39. The number of benzene rings is 1. The molecule has 3 nitrogen and oxygen atoms in total. The number of rotatable bonds is 4. The van der Waals surface area contributed by atoms with E-state index in [0.29, 0.717) is 12.0 Å². The first-order chi connectivity index (χ1) is 10.2. The molecule has 1 aliphatic heterocycles. The Morgan fingerprint density at radius 1 is 1.19 bits per heavy atom. The number of nitrogens with zero attached hydrogens (tertiary/aromatic N) is 1. The molecule has 4 atom stereocenters. The van der Waals surface area contributed by atoms with Crippen molar-refractivity contribution in [3.8, 4) is 5.75 Å². The second-order valence-electron chi connectivity index (χ2n) is 6.77. The molecule has 3 rings (SSSR count). The van der Waals surface area contributed by atoms with Crippen molar-refractivity contribution in [1.82, 2.24) is 4.90 Å². The summed E-state index contributed by atoms with van der Waals surface area (Å²) in [6.07, 6.45) is 3.83. The fourth-order valence-corrected chi connectivity index (χ4v) is 3.88. The minimum absolute atomic E-state index is 0.308. The molecule has 1 aliphatic carbocycles. The first kappa shape index (κ1) is 14.9. The van der Waals surface area contributed by atoms with Crippen molar-refractivity contribution >= 4 is 0 Å². The highest BCUT2D eigenvalue weighted by molar-refractivity contribution is 5.30. The van der Waals surface area contributed by atoms with Gasteiger partial charge in [-0.3, -0.25) is 4.90 Å². The Bertz CT molecular complexity index is 459. The van der Waals surface area contributed by atoms with Crippen molar-refractivity contribution in [2.24, 2.45) is 11.7 Å². The smallest absolute Gasteiger partial charge is 0.119 e. The molecule has 2 fully saturated rings. The minimum Gasteiger partial charge on any atom is -0.494 e. The molecule has 0 radical (unpaired) electrons. The Hall–Kier alpha value is -1.06. The molecule has 3 heteroatoms. The average Bonchev–Trinajstić information content (AvgIpc) is 2.46. The maximum Gasteiger partial charge on any atom is 0.119 e. The monoisotopic (exact) mass is 288 g/mol. The molecule has 1 aromatic rings. The van der Waals surface area contributed by atoms with Crippen LogP contribution in [0.2, 0.25) is 0 Å². The average molecular weight is 288 g/mol. The third-order valence-electron chi connectivity index (χ3n) is 5.22. The molecule has 0 spiro atoms. The van der Waals surface area contributed by atoms with E-state index in [1.165, 1.54) is 18.4 Å². The van der Waals surface area contributed by atoms with Crippen LogP contribution in [-0.2, 0) is 0 Å². The number of hydrogen-bond acceptors (Lipinski definition) is 3. The number of piperidine rings is 1. The molecule has 0 amide bonds. The fourth-order valence-electron chi connectivity index (χ4n) is 3.88. The summed E-state index contributed by atoms with van der Waals surface area (Å²) in [6.45, 7) is 7.35. The molecule has 1 heterocycles. The lowest BCUT2D eigenvalue weighted by atomic mass is 9.77. The summed E-state index contributed by atoms with van der Waals surface area (Å²) in [5.74, 6) is 2.37. The Balaban J connectivity index is 1.68. The molecular formula is C18H28N2O. The van der Waals surface area contributed by atoms with Gasteiger partial charge in [0.2, 0.25) is 0 Å². The van der Waals surface area contributed by atoms with Crippen molar-refractivity contribution in [1.29, 1.82) is 0 Å². The molecule has 116 valence electrons. The summed E-state index contributed by atoms with van der Waals surface area (Å²) >= 11 is 0. The van der Waals surface area contributed by atoms with Gasteiger partial charge in [0, 0.05) is 25.2 Å². The van der Waals surface area contributed by atoms with Gasteiger partial charge in [-0.05, 0) is 55.7 Å². The van der Waals surface area contributed by atoms with Crippen molar-refractivity contribution in [2.75, 3.05) is 19.7 Å². The van der Waals surface area contributed by atoms with E-state index in [-0.39, 0.29) is 0 Å².